The maximum Gasteiger partial charge on any atom is 0.177 e. The molecule has 16 heavy (non-hydrogen) atoms. The van der Waals surface area contributed by atoms with Crippen molar-refractivity contribution in [2.24, 2.45) is 0 Å². The van der Waals surface area contributed by atoms with Gasteiger partial charge in [-0.05, 0) is 43.5 Å². The number of thiophene rings is 1. The molecule has 0 unspecified atom stereocenters. The van der Waals surface area contributed by atoms with Crippen molar-refractivity contribution < 1.29 is 4.79 Å². The largest absolute Gasteiger partial charge is 0.293 e. The van der Waals surface area contributed by atoms with Crippen LogP contribution in [0.5, 0.6) is 0 Å². The van der Waals surface area contributed by atoms with E-state index in [1.54, 1.807) is 0 Å². The predicted molar refractivity (Wildman–Crippen MR) is 74.2 cm³/mol. The van der Waals surface area contributed by atoms with Gasteiger partial charge in [-0.25, -0.2) is 0 Å². The van der Waals surface area contributed by atoms with E-state index in [1.807, 2.05) is 36.4 Å². The predicted octanol–water partition coefficient (Wildman–Crippen LogP) is 4.70. The van der Waals surface area contributed by atoms with Gasteiger partial charge in [0.2, 0.25) is 0 Å². The Bertz CT molecular complexity index is 485. The Hall–Kier alpha value is -0.450. The van der Waals surface area contributed by atoms with Crippen molar-refractivity contribution in [2.75, 3.05) is 0 Å². The van der Waals surface area contributed by atoms with Gasteiger partial charge in [-0.2, -0.15) is 0 Å². The topological polar surface area (TPSA) is 17.1 Å². The summed E-state index contributed by atoms with van der Waals surface area (Å²) < 4.78 is 1.90. The zero-order valence-electron chi connectivity index (χ0n) is 8.24. The standard InChI is InChI=1S/C12H8Br2OS/c13-9-7-11(16-12(9)14)10(15)6-8-4-2-1-3-5-8/h1-5,7H,6H2. The summed E-state index contributed by atoms with van der Waals surface area (Å²) >= 11 is 8.23. The van der Waals surface area contributed by atoms with Gasteiger partial charge >= 0.3 is 0 Å². The Balaban J connectivity index is 2.15. The van der Waals surface area contributed by atoms with Crippen molar-refractivity contribution in [3.05, 3.63) is 55.1 Å². The van der Waals surface area contributed by atoms with Gasteiger partial charge < -0.3 is 0 Å². The van der Waals surface area contributed by atoms with Crippen LogP contribution in [0.25, 0.3) is 0 Å². The molecule has 2 rings (SSSR count). The number of carbonyl (C=O) groups excluding carboxylic acids is 1. The second-order valence-electron chi connectivity index (χ2n) is 3.32. The highest BCUT2D eigenvalue weighted by Crippen LogP contribution is 2.32. The molecule has 1 heterocycles. The zero-order chi connectivity index (χ0) is 11.5. The zero-order valence-corrected chi connectivity index (χ0v) is 12.2. The van der Waals surface area contributed by atoms with Gasteiger partial charge in [0, 0.05) is 10.9 Å². The van der Waals surface area contributed by atoms with Crippen molar-refractivity contribution in [2.45, 2.75) is 6.42 Å². The van der Waals surface area contributed by atoms with Crippen LogP contribution in [0.3, 0.4) is 0 Å². The molecule has 4 heteroatoms. The molecule has 1 aromatic carbocycles. The van der Waals surface area contributed by atoms with Crippen LogP contribution in [0.1, 0.15) is 15.2 Å². The van der Waals surface area contributed by atoms with Crippen molar-refractivity contribution in [3.63, 3.8) is 0 Å². The van der Waals surface area contributed by atoms with E-state index in [2.05, 4.69) is 31.9 Å². The molecular weight excluding hydrogens is 352 g/mol. The van der Waals surface area contributed by atoms with Gasteiger partial charge in [-0.15, -0.1) is 11.3 Å². The van der Waals surface area contributed by atoms with Crippen LogP contribution >= 0.6 is 43.2 Å². The van der Waals surface area contributed by atoms with Crippen molar-refractivity contribution in [1.82, 2.24) is 0 Å². The fourth-order valence-corrected chi connectivity index (χ4v) is 3.33. The molecule has 0 bridgehead atoms. The smallest absolute Gasteiger partial charge is 0.177 e. The van der Waals surface area contributed by atoms with E-state index in [4.69, 9.17) is 0 Å². The number of rotatable bonds is 3. The molecule has 1 nitrogen and oxygen atoms in total. The molecule has 0 amide bonds. The minimum absolute atomic E-state index is 0.155. The Morgan fingerprint density at radius 2 is 1.88 bits per heavy atom. The molecule has 0 spiro atoms. The van der Waals surface area contributed by atoms with Crippen LogP contribution < -0.4 is 0 Å². The van der Waals surface area contributed by atoms with E-state index >= 15 is 0 Å². The van der Waals surface area contributed by atoms with Gasteiger partial charge in [0.25, 0.3) is 0 Å². The minimum Gasteiger partial charge on any atom is -0.293 e. The third-order valence-corrected chi connectivity index (χ3v) is 5.42. The Labute approximate surface area is 115 Å². The number of hydrogen-bond acceptors (Lipinski definition) is 2. The lowest BCUT2D eigenvalue weighted by Gasteiger charge is -1.97. The van der Waals surface area contributed by atoms with Gasteiger partial charge in [0.15, 0.2) is 5.78 Å². The average molecular weight is 360 g/mol. The maximum atomic E-state index is 11.9. The Morgan fingerprint density at radius 1 is 1.19 bits per heavy atom. The van der Waals surface area contributed by atoms with Crippen LogP contribution in [0.4, 0.5) is 0 Å². The molecule has 0 N–H and O–H groups in total. The normalized spacial score (nSPS) is 10.4. The maximum absolute atomic E-state index is 11.9. The molecule has 0 saturated carbocycles. The van der Waals surface area contributed by atoms with E-state index in [0.717, 1.165) is 18.7 Å². The molecule has 0 fully saturated rings. The molecular formula is C12H8Br2OS. The molecule has 0 aliphatic heterocycles. The first kappa shape index (κ1) is 12.0. The lowest BCUT2D eigenvalue weighted by atomic mass is 10.1. The number of ketones is 1. The highest BCUT2D eigenvalue weighted by Gasteiger charge is 2.12. The second-order valence-corrected chi connectivity index (χ2v) is 6.54. The molecule has 82 valence electrons. The quantitative estimate of drug-likeness (QED) is 0.726. The molecule has 2 aromatic rings. The molecule has 0 radical (unpaired) electrons. The number of halogens is 2. The summed E-state index contributed by atoms with van der Waals surface area (Å²) in [6.07, 6.45) is 0.459. The van der Waals surface area contributed by atoms with Gasteiger partial charge in [-0.1, -0.05) is 30.3 Å². The number of carbonyl (C=O) groups is 1. The van der Waals surface area contributed by atoms with Gasteiger partial charge in [0.05, 0.1) is 8.66 Å². The van der Waals surface area contributed by atoms with Crippen molar-refractivity contribution in [3.8, 4) is 0 Å². The summed E-state index contributed by atoms with van der Waals surface area (Å²) in [5.41, 5.74) is 1.05. The summed E-state index contributed by atoms with van der Waals surface area (Å²) in [6.45, 7) is 0. The molecule has 1 aromatic heterocycles. The van der Waals surface area contributed by atoms with Crippen molar-refractivity contribution >= 4 is 49.0 Å². The number of Topliss-reactive ketones (excluding diaryl/α,β-unsaturated/α-hetero) is 1. The first-order valence-corrected chi connectivity index (χ1v) is 7.09. The molecule has 0 aliphatic rings. The minimum atomic E-state index is 0.155. The van der Waals surface area contributed by atoms with Crippen LogP contribution in [-0.4, -0.2) is 5.78 Å². The summed E-state index contributed by atoms with van der Waals surface area (Å²) in [5, 5.41) is 0. The SMILES string of the molecule is O=C(Cc1ccccc1)c1cc(Br)c(Br)s1. The molecule has 0 atom stereocenters. The summed E-state index contributed by atoms with van der Waals surface area (Å²) in [4.78, 5) is 12.7. The van der Waals surface area contributed by atoms with E-state index < -0.39 is 0 Å². The van der Waals surface area contributed by atoms with E-state index in [9.17, 15) is 4.79 Å². The number of hydrogen-bond donors (Lipinski definition) is 0. The Morgan fingerprint density at radius 3 is 2.44 bits per heavy atom. The first-order chi connectivity index (χ1) is 7.66. The van der Waals surface area contributed by atoms with Crippen LogP contribution in [0, 0.1) is 0 Å². The van der Waals surface area contributed by atoms with Crippen LogP contribution in [0.2, 0.25) is 0 Å². The van der Waals surface area contributed by atoms with Crippen LogP contribution in [-0.2, 0) is 6.42 Å². The van der Waals surface area contributed by atoms with Crippen LogP contribution in [0.15, 0.2) is 44.7 Å². The number of benzene rings is 1. The van der Waals surface area contributed by atoms with E-state index in [0.29, 0.717) is 6.42 Å². The second kappa shape index (κ2) is 5.25. The van der Waals surface area contributed by atoms with Crippen molar-refractivity contribution in [1.29, 1.82) is 0 Å². The fraction of sp³-hybridized carbons (Fsp3) is 0.0833. The lowest BCUT2D eigenvalue weighted by Crippen LogP contribution is -2.00. The Kier molecular flexibility index (Phi) is 3.95. The third kappa shape index (κ3) is 2.81. The average Bonchev–Trinajstić information content (AvgIpc) is 2.61. The monoisotopic (exact) mass is 358 g/mol. The lowest BCUT2D eigenvalue weighted by molar-refractivity contribution is 0.0997. The summed E-state index contributed by atoms with van der Waals surface area (Å²) in [6, 6.07) is 11.6. The molecule has 0 aliphatic carbocycles. The third-order valence-electron chi connectivity index (χ3n) is 2.13. The molecule has 0 saturated heterocycles. The van der Waals surface area contributed by atoms with Gasteiger partial charge in [-0.3, -0.25) is 4.79 Å². The highest BCUT2D eigenvalue weighted by molar-refractivity contribution is 9.13. The van der Waals surface area contributed by atoms with Gasteiger partial charge in [0.1, 0.15) is 0 Å². The summed E-state index contributed by atoms with van der Waals surface area (Å²) in [5.74, 6) is 0.155. The summed E-state index contributed by atoms with van der Waals surface area (Å²) in [7, 11) is 0. The highest BCUT2D eigenvalue weighted by atomic mass is 79.9. The van der Waals surface area contributed by atoms with E-state index in [1.165, 1.54) is 11.3 Å². The first-order valence-electron chi connectivity index (χ1n) is 4.69. The fourth-order valence-electron chi connectivity index (χ4n) is 1.35. The van der Waals surface area contributed by atoms with E-state index in [-0.39, 0.29) is 5.78 Å².